The van der Waals surface area contributed by atoms with E-state index in [2.05, 4.69) is 26.7 Å². The molecular formula is C18H22ClN3O2S. The van der Waals surface area contributed by atoms with E-state index in [1.807, 2.05) is 18.2 Å². The fraction of sp³-hybridized carbons (Fsp3) is 0.389. The molecule has 0 radical (unpaired) electrons. The Labute approximate surface area is 154 Å². The highest BCUT2D eigenvalue weighted by molar-refractivity contribution is 7.89. The minimum absolute atomic E-state index is 0.0246. The second-order valence-corrected chi connectivity index (χ2v) is 8.35. The number of nitrogens with one attached hydrogen (secondary N) is 1. The van der Waals surface area contributed by atoms with Crippen LogP contribution in [0.4, 0.5) is 0 Å². The van der Waals surface area contributed by atoms with Crippen LogP contribution in [-0.4, -0.2) is 37.9 Å². The number of hydrogen-bond acceptors (Lipinski definition) is 4. The van der Waals surface area contributed by atoms with Crippen molar-refractivity contribution in [3.63, 3.8) is 0 Å². The maximum atomic E-state index is 12.5. The molecule has 1 aliphatic rings. The van der Waals surface area contributed by atoms with Crippen LogP contribution in [0.3, 0.4) is 0 Å². The van der Waals surface area contributed by atoms with E-state index in [0.29, 0.717) is 6.54 Å². The third-order valence-electron chi connectivity index (χ3n) is 4.49. The molecule has 25 heavy (non-hydrogen) atoms. The highest BCUT2D eigenvalue weighted by Crippen LogP contribution is 2.24. The van der Waals surface area contributed by atoms with Crippen molar-refractivity contribution in [2.75, 3.05) is 19.6 Å². The van der Waals surface area contributed by atoms with Crippen LogP contribution in [0.5, 0.6) is 0 Å². The van der Waals surface area contributed by atoms with Gasteiger partial charge in [0.2, 0.25) is 10.0 Å². The highest BCUT2D eigenvalue weighted by Gasteiger charge is 2.24. The molecule has 0 aliphatic carbocycles. The number of sulfonamides is 1. The molecule has 1 unspecified atom stereocenters. The van der Waals surface area contributed by atoms with E-state index in [1.165, 1.54) is 24.8 Å². The van der Waals surface area contributed by atoms with E-state index >= 15 is 0 Å². The molecule has 2 heterocycles. The van der Waals surface area contributed by atoms with Crippen LogP contribution in [0.25, 0.3) is 0 Å². The number of benzene rings is 1. The van der Waals surface area contributed by atoms with Crippen LogP contribution in [0.15, 0.2) is 53.6 Å². The number of pyridine rings is 1. The van der Waals surface area contributed by atoms with Crippen molar-refractivity contribution in [2.24, 2.45) is 0 Å². The molecule has 3 rings (SSSR count). The molecule has 2 aromatic rings. The van der Waals surface area contributed by atoms with Crippen molar-refractivity contribution in [2.45, 2.75) is 30.2 Å². The van der Waals surface area contributed by atoms with Crippen molar-refractivity contribution in [1.82, 2.24) is 14.6 Å². The molecule has 0 saturated carbocycles. The lowest BCUT2D eigenvalue weighted by Crippen LogP contribution is -2.40. The second kappa shape index (κ2) is 8.27. The SMILES string of the molecule is O=S(=O)(NCC(c1ccccc1)N1CCCCC1)c1ccc(Cl)nc1. The smallest absolute Gasteiger partial charge is 0.242 e. The Morgan fingerprint density at radius 2 is 1.80 bits per heavy atom. The summed E-state index contributed by atoms with van der Waals surface area (Å²) < 4.78 is 27.8. The predicted molar refractivity (Wildman–Crippen MR) is 99.0 cm³/mol. The van der Waals surface area contributed by atoms with Gasteiger partial charge in [0.25, 0.3) is 0 Å². The van der Waals surface area contributed by atoms with E-state index < -0.39 is 10.0 Å². The topological polar surface area (TPSA) is 62.3 Å². The number of rotatable bonds is 6. The van der Waals surface area contributed by atoms with E-state index in [-0.39, 0.29) is 16.1 Å². The summed E-state index contributed by atoms with van der Waals surface area (Å²) in [5, 5.41) is 0.273. The lowest BCUT2D eigenvalue weighted by atomic mass is 10.0. The van der Waals surface area contributed by atoms with Gasteiger partial charge in [0.1, 0.15) is 10.0 Å². The Morgan fingerprint density at radius 1 is 1.08 bits per heavy atom. The average Bonchev–Trinajstić information content (AvgIpc) is 2.64. The van der Waals surface area contributed by atoms with Crippen LogP contribution >= 0.6 is 11.6 Å². The summed E-state index contributed by atoms with van der Waals surface area (Å²) >= 11 is 5.74. The van der Waals surface area contributed by atoms with Gasteiger partial charge in [-0.2, -0.15) is 0 Å². The molecule has 7 heteroatoms. The average molecular weight is 380 g/mol. The molecule has 1 aliphatic heterocycles. The van der Waals surface area contributed by atoms with Gasteiger partial charge in [0, 0.05) is 18.8 Å². The van der Waals surface area contributed by atoms with Crippen molar-refractivity contribution in [3.8, 4) is 0 Å². The zero-order valence-electron chi connectivity index (χ0n) is 13.9. The first-order chi connectivity index (χ1) is 12.1. The van der Waals surface area contributed by atoms with Crippen LogP contribution < -0.4 is 4.72 Å². The van der Waals surface area contributed by atoms with E-state index in [1.54, 1.807) is 0 Å². The number of halogens is 1. The first-order valence-corrected chi connectivity index (χ1v) is 10.3. The summed E-state index contributed by atoms with van der Waals surface area (Å²) in [6.45, 7) is 2.31. The van der Waals surface area contributed by atoms with E-state index in [4.69, 9.17) is 11.6 Å². The normalized spacial score (nSPS) is 17.3. The van der Waals surface area contributed by atoms with Gasteiger partial charge >= 0.3 is 0 Å². The van der Waals surface area contributed by atoms with Crippen LogP contribution in [0.2, 0.25) is 5.15 Å². The molecule has 134 valence electrons. The van der Waals surface area contributed by atoms with Crippen molar-refractivity contribution in [3.05, 3.63) is 59.4 Å². The third-order valence-corrected chi connectivity index (χ3v) is 6.13. The van der Waals surface area contributed by atoms with Gasteiger partial charge < -0.3 is 0 Å². The van der Waals surface area contributed by atoms with Gasteiger partial charge in [0.05, 0.1) is 0 Å². The Hall–Kier alpha value is -1.47. The fourth-order valence-corrected chi connectivity index (χ4v) is 4.25. The van der Waals surface area contributed by atoms with Gasteiger partial charge in [0.15, 0.2) is 0 Å². The molecular weight excluding hydrogens is 358 g/mol. The summed E-state index contributed by atoms with van der Waals surface area (Å²) in [6.07, 6.45) is 4.82. The molecule has 0 bridgehead atoms. The molecule has 0 spiro atoms. The number of piperidine rings is 1. The zero-order valence-corrected chi connectivity index (χ0v) is 15.5. The Bertz CT molecular complexity index is 776. The van der Waals surface area contributed by atoms with Crippen molar-refractivity contribution < 1.29 is 8.42 Å². The van der Waals surface area contributed by atoms with Gasteiger partial charge in [-0.15, -0.1) is 0 Å². The summed E-state index contributed by atoms with van der Waals surface area (Å²) in [7, 11) is -3.62. The first kappa shape index (κ1) is 18.3. The van der Waals surface area contributed by atoms with E-state index in [0.717, 1.165) is 31.5 Å². The summed E-state index contributed by atoms with van der Waals surface area (Å²) in [5.41, 5.74) is 1.13. The largest absolute Gasteiger partial charge is 0.295 e. The molecule has 1 atom stereocenters. The quantitative estimate of drug-likeness (QED) is 0.782. The predicted octanol–water partition coefficient (Wildman–Crippen LogP) is 3.24. The van der Waals surface area contributed by atoms with Gasteiger partial charge in [-0.3, -0.25) is 4.90 Å². The zero-order chi connectivity index (χ0) is 17.7. The van der Waals surface area contributed by atoms with Crippen molar-refractivity contribution >= 4 is 21.6 Å². The molecule has 1 saturated heterocycles. The molecule has 1 aromatic heterocycles. The third kappa shape index (κ3) is 4.79. The maximum Gasteiger partial charge on any atom is 0.242 e. The molecule has 1 aromatic carbocycles. The lowest BCUT2D eigenvalue weighted by molar-refractivity contribution is 0.164. The number of hydrogen-bond donors (Lipinski definition) is 1. The summed E-state index contributed by atoms with van der Waals surface area (Å²) in [6, 6.07) is 13.0. The van der Waals surface area contributed by atoms with Crippen molar-refractivity contribution in [1.29, 1.82) is 0 Å². The molecule has 0 amide bonds. The lowest BCUT2D eigenvalue weighted by Gasteiger charge is -2.35. The van der Waals surface area contributed by atoms with Crippen LogP contribution in [0, 0.1) is 0 Å². The summed E-state index contributed by atoms with van der Waals surface area (Å²) in [4.78, 5) is 6.35. The highest BCUT2D eigenvalue weighted by atomic mass is 35.5. The summed E-state index contributed by atoms with van der Waals surface area (Å²) in [5.74, 6) is 0. The van der Waals surface area contributed by atoms with Crippen LogP contribution in [0.1, 0.15) is 30.9 Å². The molecule has 1 fully saturated rings. The van der Waals surface area contributed by atoms with Gasteiger partial charge in [-0.05, 0) is 43.6 Å². The first-order valence-electron chi connectivity index (χ1n) is 8.46. The number of aromatic nitrogens is 1. The molecule has 5 nitrogen and oxygen atoms in total. The van der Waals surface area contributed by atoms with Gasteiger partial charge in [-0.1, -0.05) is 48.4 Å². The minimum Gasteiger partial charge on any atom is -0.295 e. The standard InChI is InChI=1S/C18H22ClN3O2S/c19-18-10-9-16(13-20-18)25(23,24)21-14-17(15-7-3-1-4-8-15)22-11-5-2-6-12-22/h1,3-4,7-10,13,17,21H,2,5-6,11-12,14H2. The Morgan fingerprint density at radius 3 is 2.44 bits per heavy atom. The Balaban J connectivity index is 1.77. The fourth-order valence-electron chi connectivity index (χ4n) is 3.16. The number of likely N-dealkylation sites (tertiary alicyclic amines) is 1. The van der Waals surface area contributed by atoms with E-state index in [9.17, 15) is 8.42 Å². The second-order valence-electron chi connectivity index (χ2n) is 6.19. The van der Waals surface area contributed by atoms with Crippen LogP contribution in [-0.2, 0) is 10.0 Å². The molecule has 1 N–H and O–H groups in total. The van der Waals surface area contributed by atoms with Gasteiger partial charge in [-0.25, -0.2) is 18.1 Å². The maximum absolute atomic E-state index is 12.5. The Kier molecular flexibility index (Phi) is 6.06. The monoisotopic (exact) mass is 379 g/mol. The minimum atomic E-state index is -3.62. The number of nitrogens with zero attached hydrogens (tertiary/aromatic N) is 2.